The first-order valence-corrected chi connectivity index (χ1v) is 9.65. The van der Waals surface area contributed by atoms with Crippen molar-refractivity contribution in [2.24, 2.45) is 0 Å². The molecule has 1 aromatic heterocycles. The molecule has 0 radical (unpaired) electrons. The van der Waals surface area contributed by atoms with Crippen molar-refractivity contribution in [2.45, 2.75) is 57.7 Å². The van der Waals surface area contributed by atoms with Gasteiger partial charge in [-0.2, -0.15) is 0 Å². The zero-order chi connectivity index (χ0) is 19.3. The minimum Gasteiger partial charge on any atom is -1.00 e. The van der Waals surface area contributed by atoms with Crippen LogP contribution in [0.4, 0.5) is 11.6 Å². The van der Waals surface area contributed by atoms with Crippen molar-refractivity contribution in [2.75, 3.05) is 11.4 Å². The predicted molar refractivity (Wildman–Crippen MR) is 102 cm³/mol. The molecular weight excluding hydrogens is 424 g/mol. The molecule has 1 aliphatic rings. The summed E-state index contributed by atoms with van der Waals surface area (Å²) in [4.78, 5) is 16.9. The summed E-state index contributed by atoms with van der Waals surface area (Å²) >= 11 is 0. The van der Waals surface area contributed by atoms with Crippen LogP contribution in [0.15, 0.2) is 42.7 Å². The summed E-state index contributed by atoms with van der Waals surface area (Å²) in [5, 5.41) is 22.4. The van der Waals surface area contributed by atoms with Crippen LogP contribution in [0.2, 0.25) is 0 Å². The number of nitro groups is 1. The molecule has 1 unspecified atom stereocenters. The van der Waals surface area contributed by atoms with Gasteiger partial charge in [-0.3, -0.25) is 10.1 Å². The van der Waals surface area contributed by atoms with Gasteiger partial charge < -0.3 is 22.1 Å². The lowest BCUT2D eigenvalue weighted by atomic mass is 10.0. The molecule has 1 N–H and O–H groups in total. The molecule has 1 atom stereocenters. The monoisotopic (exact) mass is 450 g/mol. The molecule has 3 rings (SSSR count). The number of aliphatic hydroxyl groups is 1. The van der Waals surface area contributed by atoms with Crippen molar-refractivity contribution in [3.63, 3.8) is 0 Å². The minimum absolute atomic E-state index is 0. The minimum atomic E-state index is -1.25. The zero-order valence-electron chi connectivity index (χ0n) is 16.1. The second-order valence-corrected chi connectivity index (χ2v) is 7.09. The van der Waals surface area contributed by atoms with Gasteiger partial charge in [0.25, 0.3) is 5.69 Å². The van der Waals surface area contributed by atoms with Crippen molar-refractivity contribution < 1.29 is 31.6 Å². The quantitative estimate of drug-likeness (QED) is 0.257. The van der Waals surface area contributed by atoms with E-state index in [1.807, 2.05) is 21.7 Å². The number of rotatable bonds is 9. The van der Waals surface area contributed by atoms with Crippen molar-refractivity contribution in [3.8, 4) is 0 Å². The van der Waals surface area contributed by atoms with Crippen molar-refractivity contribution >= 4 is 11.6 Å². The summed E-state index contributed by atoms with van der Waals surface area (Å²) < 4.78 is 1.93. The highest BCUT2D eigenvalue weighted by atomic mass is 79.9. The predicted octanol–water partition coefficient (Wildman–Crippen LogP) is 0.307. The van der Waals surface area contributed by atoms with Crippen LogP contribution in [0.5, 0.6) is 0 Å². The molecule has 2 aromatic rings. The second kappa shape index (κ2) is 9.93. The second-order valence-electron chi connectivity index (χ2n) is 7.09. The lowest BCUT2D eigenvalue weighted by Crippen LogP contribution is -3.00. The number of non-ortho nitro benzene ring substituents is 1. The molecule has 0 saturated heterocycles. The molecule has 0 amide bonds. The largest absolute Gasteiger partial charge is 1.00 e. The van der Waals surface area contributed by atoms with E-state index in [4.69, 9.17) is 0 Å². The highest BCUT2D eigenvalue weighted by Gasteiger charge is 2.51. The number of aromatic nitrogens is 2. The van der Waals surface area contributed by atoms with E-state index in [0.29, 0.717) is 18.7 Å². The lowest BCUT2D eigenvalue weighted by molar-refractivity contribution is -0.685. The fourth-order valence-electron chi connectivity index (χ4n) is 3.66. The summed E-state index contributed by atoms with van der Waals surface area (Å²) in [6.07, 6.45) is 10.6. The fraction of sp³-hybridized carbons (Fsp3) is 0.500. The van der Waals surface area contributed by atoms with E-state index >= 15 is 0 Å². The third-order valence-corrected chi connectivity index (χ3v) is 5.15. The van der Waals surface area contributed by atoms with E-state index in [1.54, 1.807) is 18.3 Å². The van der Waals surface area contributed by atoms with Crippen molar-refractivity contribution in [3.05, 3.63) is 58.4 Å². The summed E-state index contributed by atoms with van der Waals surface area (Å²) in [6, 6.07) is 8.00. The maximum Gasteiger partial charge on any atom is 0.396 e. The molecule has 152 valence electrons. The van der Waals surface area contributed by atoms with Gasteiger partial charge >= 0.3 is 5.95 Å². The Bertz CT molecular complexity index is 787. The van der Waals surface area contributed by atoms with Crippen LogP contribution >= 0.6 is 0 Å². The van der Waals surface area contributed by atoms with Crippen LogP contribution in [-0.2, 0) is 12.3 Å². The van der Waals surface area contributed by atoms with Crippen molar-refractivity contribution in [1.82, 2.24) is 4.98 Å². The summed E-state index contributed by atoms with van der Waals surface area (Å²) in [5.74, 6) is 0.729. The van der Waals surface area contributed by atoms with Gasteiger partial charge in [0, 0.05) is 23.8 Å². The number of unbranched alkanes of at least 4 members (excludes halogenated alkanes) is 5. The number of nitrogens with zero attached hydrogens (tertiary/aromatic N) is 4. The summed E-state index contributed by atoms with van der Waals surface area (Å²) in [6.45, 7) is 3.24. The summed E-state index contributed by atoms with van der Waals surface area (Å²) in [5.41, 5.74) is -0.587. The molecule has 0 spiro atoms. The first kappa shape index (κ1) is 22.2. The molecule has 7 nitrogen and oxygen atoms in total. The number of fused-ring (bicyclic) bond motifs is 1. The highest BCUT2D eigenvalue weighted by molar-refractivity contribution is 5.41. The molecule has 1 aliphatic heterocycles. The average Bonchev–Trinajstić information content (AvgIpc) is 2.97. The molecule has 0 fully saturated rings. The molecule has 2 heterocycles. The number of benzene rings is 1. The maximum absolute atomic E-state index is 11.5. The van der Waals surface area contributed by atoms with Crippen LogP contribution in [0.25, 0.3) is 0 Å². The van der Waals surface area contributed by atoms with Gasteiger partial charge in [0.1, 0.15) is 12.7 Å². The van der Waals surface area contributed by atoms with Gasteiger partial charge in [-0.05, 0) is 18.6 Å². The number of nitro benzene ring substituents is 1. The van der Waals surface area contributed by atoms with Gasteiger partial charge in [-0.1, -0.05) is 44.0 Å². The van der Waals surface area contributed by atoms with E-state index in [-0.39, 0.29) is 22.7 Å². The average molecular weight is 451 g/mol. The third kappa shape index (κ3) is 4.67. The Morgan fingerprint density at radius 2 is 1.89 bits per heavy atom. The topological polar surface area (TPSA) is 83.4 Å². The van der Waals surface area contributed by atoms with Gasteiger partial charge in [-0.15, -0.1) is 0 Å². The highest BCUT2D eigenvalue weighted by Crippen LogP contribution is 2.34. The van der Waals surface area contributed by atoms with E-state index < -0.39 is 10.6 Å². The van der Waals surface area contributed by atoms with Crippen molar-refractivity contribution in [1.29, 1.82) is 0 Å². The molecule has 28 heavy (non-hydrogen) atoms. The van der Waals surface area contributed by atoms with Crippen LogP contribution in [0.1, 0.15) is 51.0 Å². The Kier molecular flexibility index (Phi) is 7.88. The third-order valence-electron chi connectivity index (χ3n) is 5.15. The Morgan fingerprint density at radius 3 is 2.57 bits per heavy atom. The molecule has 0 aliphatic carbocycles. The first-order chi connectivity index (χ1) is 13.1. The zero-order valence-corrected chi connectivity index (χ0v) is 17.7. The van der Waals surface area contributed by atoms with E-state index in [0.717, 1.165) is 18.8 Å². The molecule has 0 saturated carbocycles. The number of anilines is 1. The summed E-state index contributed by atoms with van der Waals surface area (Å²) in [7, 11) is 0. The number of halogens is 1. The van der Waals surface area contributed by atoms with Crippen LogP contribution < -0.4 is 26.4 Å². The van der Waals surface area contributed by atoms with E-state index in [9.17, 15) is 15.2 Å². The van der Waals surface area contributed by atoms with Crippen LogP contribution in [0.3, 0.4) is 0 Å². The Morgan fingerprint density at radius 1 is 1.21 bits per heavy atom. The van der Waals surface area contributed by atoms with E-state index in [1.165, 1.54) is 37.8 Å². The fourth-order valence-corrected chi connectivity index (χ4v) is 3.66. The molecule has 0 bridgehead atoms. The van der Waals surface area contributed by atoms with Gasteiger partial charge in [0.05, 0.1) is 17.7 Å². The molecule has 1 aromatic carbocycles. The Balaban J connectivity index is 0.00000280. The van der Waals surface area contributed by atoms with Gasteiger partial charge in [-0.25, -0.2) is 9.47 Å². The number of hydrogen-bond donors (Lipinski definition) is 1. The van der Waals surface area contributed by atoms with Crippen LogP contribution in [-0.4, -0.2) is 21.6 Å². The lowest BCUT2D eigenvalue weighted by Gasteiger charge is -2.28. The van der Waals surface area contributed by atoms with Gasteiger partial charge in [0.2, 0.25) is 5.72 Å². The molecule has 8 heteroatoms. The maximum atomic E-state index is 11.5. The SMILES string of the molecule is CCCCCCCCN1c2nccc[n+]2CC1(O)c1ccc([N+](=O)[O-])cc1.[Br-]. The standard InChI is InChI=1S/C20H27N4O3.BrH/c1-2-3-4-5-6-7-15-23-19-21-13-8-14-22(19)16-20(23,25)17-9-11-18(12-10-17)24(26)27;/h8-14,25H,2-7,15-16H2,1H3;1H/q+1;/p-1. The molecular formula is C20H27BrN4O3. The van der Waals surface area contributed by atoms with Gasteiger partial charge in [0.15, 0.2) is 0 Å². The first-order valence-electron chi connectivity index (χ1n) is 9.65. The Labute approximate surface area is 176 Å². The smallest absolute Gasteiger partial charge is 0.396 e. The normalized spacial score (nSPS) is 17.9. The Hall–Kier alpha value is -2.06. The van der Waals surface area contributed by atoms with E-state index in [2.05, 4.69) is 11.9 Å². The number of hydrogen-bond acceptors (Lipinski definition) is 5. The van der Waals surface area contributed by atoms with Crippen LogP contribution in [0, 0.1) is 10.1 Å².